The highest BCUT2D eigenvalue weighted by Gasteiger charge is 2.35. The predicted octanol–water partition coefficient (Wildman–Crippen LogP) is 4.62. The SMILES string of the molecule is CC1(C)CC[C@H]([C@H](O)c2cccc(Cl)c2)C1.Cl. The Hall–Kier alpha value is -0.240. The molecule has 0 spiro atoms. The number of aliphatic hydroxyl groups excluding tert-OH is 1. The van der Waals surface area contributed by atoms with Crippen molar-refractivity contribution < 1.29 is 5.11 Å². The summed E-state index contributed by atoms with van der Waals surface area (Å²) in [6.45, 7) is 4.55. The molecule has 17 heavy (non-hydrogen) atoms. The van der Waals surface area contributed by atoms with E-state index in [-0.39, 0.29) is 18.5 Å². The van der Waals surface area contributed by atoms with E-state index in [9.17, 15) is 5.11 Å². The fourth-order valence-corrected chi connectivity index (χ4v) is 2.92. The van der Waals surface area contributed by atoms with Crippen molar-refractivity contribution in [3.8, 4) is 0 Å². The molecule has 0 radical (unpaired) electrons. The summed E-state index contributed by atoms with van der Waals surface area (Å²) < 4.78 is 0. The Kier molecular flexibility index (Phi) is 4.88. The van der Waals surface area contributed by atoms with E-state index in [1.807, 2.05) is 24.3 Å². The lowest BCUT2D eigenvalue weighted by Crippen LogP contribution is -2.12. The highest BCUT2D eigenvalue weighted by atomic mass is 35.5. The number of benzene rings is 1. The van der Waals surface area contributed by atoms with Crippen LogP contribution in [0.5, 0.6) is 0 Å². The Morgan fingerprint density at radius 1 is 1.41 bits per heavy atom. The van der Waals surface area contributed by atoms with Crippen molar-refractivity contribution in [2.24, 2.45) is 11.3 Å². The summed E-state index contributed by atoms with van der Waals surface area (Å²) in [5.74, 6) is 0.383. The summed E-state index contributed by atoms with van der Waals surface area (Å²) in [6.07, 6.45) is 3.05. The average Bonchev–Trinajstić information content (AvgIpc) is 2.58. The molecule has 0 bridgehead atoms. The Labute approximate surface area is 115 Å². The van der Waals surface area contributed by atoms with Crippen LogP contribution in [0.1, 0.15) is 44.8 Å². The van der Waals surface area contributed by atoms with Crippen LogP contribution in [0.2, 0.25) is 5.02 Å². The largest absolute Gasteiger partial charge is 0.388 e. The van der Waals surface area contributed by atoms with Crippen LogP contribution in [0.15, 0.2) is 24.3 Å². The summed E-state index contributed by atoms with van der Waals surface area (Å²) in [5, 5.41) is 11.0. The van der Waals surface area contributed by atoms with E-state index in [1.165, 1.54) is 6.42 Å². The van der Waals surface area contributed by atoms with Crippen molar-refractivity contribution in [3.63, 3.8) is 0 Å². The fourth-order valence-electron chi connectivity index (χ4n) is 2.72. The Morgan fingerprint density at radius 3 is 2.65 bits per heavy atom. The molecule has 1 nitrogen and oxygen atoms in total. The number of hydrogen-bond donors (Lipinski definition) is 1. The van der Waals surface area contributed by atoms with Gasteiger partial charge in [0.2, 0.25) is 0 Å². The van der Waals surface area contributed by atoms with E-state index >= 15 is 0 Å². The van der Waals surface area contributed by atoms with Gasteiger partial charge < -0.3 is 5.11 Å². The van der Waals surface area contributed by atoms with Crippen LogP contribution in [0.3, 0.4) is 0 Å². The third-order valence-electron chi connectivity index (χ3n) is 3.64. The summed E-state index contributed by atoms with van der Waals surface area (Å²) in [7, 11) is 0. The molecule has 1 aliphatic carbocycles. The first-order valence-electron chi connectivity index (χ1n) is 5.91. The van der Waals surface area contributed by atoms with E-state index in [4.69, 9.17) is 11.6 Å². The van der Waals surface area contributed by atoms with E-state index in [0.717, 1.165) is 18.4 Å². The molecule has 1 aliphatic rings. The fraction of sp³-hybridized carbons (Fsp3) is 0.571. The van der Waals surface area contributed by atoms with Crippen LogP contribution >= 0.6 is 24.0 Å². The van der Waals surface area contributed by atoms with Crippen molar-refractivity contribution in [1.29, 1.82) is 0 Å². The summed E-state index contributed by atoms with van der Waals surface area (Å²) >= 11 is 5.94. The maximum atomic E-state index is 10.3. The lowest BCUT2D eigenvalue weighted by Gasteiger charge is -2.21. The van der Waals surface area contributed by atoms with Crippen LogP contribution in [0, 0.1) is 11.3 Å². The van der Waals surface area contributed by atoms with E-state index < -0.39 is 0 Å². The molecule has 0 aliphatic heterocycles. The lowest BCUT2D eigenvalue weighted by molar-refractivity contribution is 0.105. The summed E-state index contributed by atoms with van der Waals surface area (Å²) in [6, 6.07) is 7.58. The average molecular weight is 275 g/mol. The standard InChI is InChI=1S/C14H19ClO.ClH/c1-14(2)7-6-11(9-14)13(16)10-4-3-5-12(15)8-10;/h3-5,8,11,13,16H,6-7,9H2,1-2H3;1H/t11-,13+;/m0./s1. The second-order valence-electron chi connectivity index (χ2n) is 5.67. The maximum Gasteiger partial charge on any atom is 0.0818 e. The molecule has 0 saturated heterocycles. The van der Waals surface area contributed by atoms with Gasteiger partial charge in [0, 0.05) is 5.02 Å². The number of rotatable bonds is 2. The number of aliphatic hydroxyl groups is 1. The predicted molar refractivity (Wildman–Crippen MR) is 74.8 cm³/mol. The van der Waals surface area contributed by atoms with Crippen molar-refractivity contribution in [2.45, 2.75) is 39.2 Å². The molecule has 96 valence electrons. The molecular weight excluding hydrogens is 255 g/mol. The molecule has 1 N–H and O–H groups in total. The molecule has 0 aromatic heterocycles. The smallest absolute Gasteiger partial charge is 0.0818 e. The quantitative estimate of drug-likeness (QED) is 0.834. The van der Waals surface area contributed by atoms with Gasteiger partial charge in [-0.05, 0) is 48.3 Å². The minimum absolute atomic E-state index is 0. The Bertz CT molecular complexity index is 376. The molecule has 0 heterocycles. The number of halogens is 2. The van der Waals surface area contributed by atoms with Crippen LogP contribution in [0.4, 0.5) is 0 Å². The summed E-state index contributed by atoms with van der Waals surface area (Å²) in [4.78, 5) is 0. The van der Waals surface area contributed by atoms with Gasteiger partial charge in [0.05, 0.1) is 6.10 Å². The molecule has 1 saturated carbocycles. The normalized spacial score (nSPS) is 24.1. The first-order chi connectivity index (χ1) is 7.48. The minimum Gasteiger partial charge on any atom is -0.388 e. The minimum atomic E-state index is -0.361. The monoisotopic (exact) mass is 274 g/mol. The van der Waals surface area contributed by atoms with Crippen LogP contribution in [0.25, 0.3) is 0 Å². The molecule has 1 aromatic carbocycles. The van der Waals surface area contributed by atoms with E-state index in [2.05, 4.69) is 13.8 Å². The highest BCUT2D eigenvalue weighted by molar-refractivity contribution is 6.30. The van der Waals surface area contributed by atoms with Gasteiger partial charge in [-0.3, -0.25) is 0 Å². The van der Waals surface area contributed by atoms with Crippen molar-refractivity contribution in [2.75, 3.05) is 0 Å². The topological polar surface area (TPSA) is 20.2 Å². The summed E-state index contributed by atoms with van der Waals surface area (Å²) in [5.41, 5.74) is 1.33. The zero-order chi connectivity index (χ0) is 11.8. The molecular formula is C14H20Cl2O. The van der Waals surface area contributed by atoms with Gasteiger partial charge in [0.15, 0.2) is 0 Å². The first-order valence-corrected chi connectivity index (χ1v) is 6.29. The van der Waals surface area contributed by atoms with Crippen molar-refractivity contribution in [3.05, 3.63) is 34.9 Å². The van der Waals surface area contributed by atoms with Crippen molar-refractivity contribution in [1.82, 2.24) is 0 Å². The maximum absolute atomic E-state index is 10.3. The third-order valence-corrected chi connectivity index (χ3v) is 3.88. The molecule has 3 heteroatoms. The molecule has 1 aromatic rings. The van der Waals surface area contributed by atoms with Gasteiger partial charge in [0.25, 0.3) is 0 Å². The first kappa shape index (κ1) is 14.8. The van der Waals surface area contributed by atoms with Gasteiger partial charge in [0.1, 0.15) is 0 Å². The van der Waals surface area contributed by atoms with Crippen LogP contribution in [-0.4, -0.2) is 5.11 Å². The second kappa shape index (κ2) is 5.60. The Morgan fingerprint density at radius 2 is 2.12 bits per heavy atom. The molecule has 1 fully saturated rings. The Balaban J connectivity index is 0.00000144. The highest BCUT2D eigenvalue weighted by Crippen LogP contribution is 2.46. The number of hydrogen-bond acceptors (Lipinski definition) is 1. The second-order valence-corrected chi connectivity index (χ2v) is 6.10. The van der Waals surface area contributed by atoms with E-state index in [0.29, 0.717) is 16.4 Å². The van der Waals surface area contributed by atoms with Gasteiger partial charge in [-0.15, -0.1) is 12.4 Å². The van der Waals surface area contributed by atoms with Gasteiger partial charge >= 0.3 is 0 Å². The lowest BCUT2D eigenvalue weighted by atomic mass is 9.87. The molecule has 0 amide bonds. The van der Waals surface area contributed by atoms with E-state index in [1.54, 1.807) is 0 Å². The molecule has 2 rings (SSSR count). The molecule has 2 atom stereocenters. The zero-order valence-corrected chi connectivity index (χ0v) is 11.9. The zero-order valence-electron chi connectivity index (χ0n) is 10.3. The van der Waals surface area contributed by atoms with Gasteiger partial charge in [-0.25, -0.2) is 0 Å². The van der Waals surface area contributed by atoms with Crippen LogP contribution in [-0.2, 0) is 0 Å². The van der Waals surface area contributed by atoms with Crippen molar-refractivity contribution >= 4 is 24.0 Å². The molecule has 0 unspecified atom stereocenters. The third kappa shape index (κ3) is 3.61. The van der Waals surface area contributed by atoms with Gasteiger partial charge in [-0.2, -0.15) is 0 Å². The van der Waals surface area contributed by atoms with Gasteiger partial charge in [-0.1, -0.05) is 37.6 Å². The van der Waals surface area contributed by atoms with Crippen LogP contribution < -0.4 is 0 Å².